The number of hydrogen-bond acceptors (Lipinski definition) is 4. The number of hydrazine groups is 1. The number of nitrogen functional groups attached to an aromatic ring is 1. The Morgan fingerprint density at radius 3 is 2.72 bits per heavy atom. The monoisotopic (exact) mass is 326 g/mol. The van der Waals surface area contributed by atoms with E-state index in [-0.39, 0.29) is 6.04 Å². The highest BCUT2D eigenvalue weighted by Crippen LogP contribution is 2.30. The number of pyridine rings is 1. The highest BCUT2D eigenvalue weighted by atomic mass is 79.9. The Labute approximate surface area is 118 Å². The van der Waals surface area contributed by atoms with E-state index in [1.54, 1.807) is 12.3 Å². The van der Waals surface area contributed by atoms with Crippen molar-refractivity contribution >= 4 is 33.3 Å². The van der Waals surface area contributed by atoms with E-state index >= 15 is 0 Å². The van der Waals surface area contributed by atoms with Crippen LogP contribution in [0.5, 0.6) is 0 Å². The number of hydrogen-bond donors (Lipinski definition) is 3. The lowest BCUT2D eigenvalue weighted by atomic mass is 10.00. The van der Waals surface area contributed by atoms with E-state index in [9.17, 15) is 0 Å². The lowest BCUT2D eigenvalue weighted by molar-refractivity contribution is 0.636. The number of nitrogens with two attached hydrogens (primary N) is 2. The first-order chi connectivity index (χ1) is 8.63. The highest BCUT2D eigenvalue weighted by molar-refractivity contribution is 9.10. The van der Waals surface area contributed by atoms with Crippen molar-refractivity contribution in [2.75, 3.05) is 5.73 Å². The molecule has 1 aromatic carbocycles. The molecule has 0 saturated carbocycles. The zero-order valence-electron chi connectivity index (χ0n) is 9.40. The van der Waals surface area contributed by atoms with Crippen molar-refractivity contribution in [3.8, 4) is 0 Å². The maximum atomic E-state index is 5.97. The van der Waals surface area contributed by atoms with Crippen molar-refractivity contribution in [1.82, 2.24) is 10.4 Å². The second-order valence-corrected chi connectivity index (χ2v) is 5.01. The Morgan fingerprint density at radius 1 is 1.33 bits per heavy atom. The number of nitrogens with zero attached hydrogens (tertiary/aromatic N) is 1. The Kier molecular flexibility index (Phi) is 4.19. The summed E-state index contributed by atoms with van der Waals surface area (Å²) in [5.74, 6) is 6.06. The van der Waals surface area contributed by atoms with Crippen LogP contribution < -0.4 is 17.0 Å². The lowest BCUT2D eigenvalue weighted by Crippen LogP contribution is -2.29. The molecule has 0 aliphatic carbocycles. The SMILES string of the molecule is NNC(c1ccc(Cl)c(Br)c1)c1cccnc1N. The molecule has 1 atom stereocenters. The van der Waals surface area contributed by atoms with Gasteiger partial charge in [-0.05, 0) is 39.7 Å². The molecule has 0 radical (unpaired) electrons. The van der Waals surface area contributed by atoms with E-state index in [0.717, 1.165) is 15.6 Å². The Bertz CT molecular complexity index is 562. The third kappa shape index (κ3) is 2.64. The van der Waals surface area contributed by atoms with Gasteiger partial charge in [-0.3, -0.25) is 5.84 Å². The molecular weight excluding hydrogens is 316 g/mol. The van der Waals surface area contributed by atoms with Crippen molar-refractivity contribution in [2.45, 2.75) is 6.04 Å². The van der Waals surface area contributed by atoms with Crippen molar-refractivity contribution in [1.29, 1.82) is 0 Å². The number of nitrogens with one attached hydrogen (secondary N) is 1. The summed E-state index contributed by atoms with van der Waals surface area (Å²) in [6.07, 6.45) is 1.64. The maximum Gasteiger partial charge on any atom is 0.128 e. The molecule has 0 bridgehead atoms. The van der Waals surface area contributed by atoms with Gasteiger partial charge in [-0.1, -0.05) is 23.7 Å². The van der Waals surface area contributed by atoms with Crippen LogP contribution >= 0.6 is 27.5 Å². The van der Waals surface area contributed by atoms with Gasteiger partial charge in [0.25, 0.3) is 0 Å². The largest absolute Gasteiger partial charge is 0.383 e. The van der Waals surface area contributed by atoms with Crippen LogP contribution in [0.4, 0.5) is 5.82 Å². The summed E-state index contributed by atoms with van der Waals surface area (Å²) in [5.41, 5.74) is 10.4. The molecule has 2 rings (SSSR count). The fourth-order valence-corrected chi connectivity index (χ4v) is 2.25. The standard InChI is InChI=1S/C12H12BrClN4/c13-9-6-7(3-4-10(9)14)11(18-16)8-2-1-5-17-12(8)15/h1-6,11,18H,16H2,(H2,15,17). The van der Waals surface area contributed by atoms with Crippen molar-refractivity contribution < 1.29 is 0 Å². The Balaban J connectivity index is 2.45. The first kappa shape index (κ1) is 13.3. The fraction of sp³-hybridized carbons (Fsp3) is 0.0833. The van der Waals surface area contributed by atoms with Gasteiger partial charge in [-0.25, -0.2) is 10.4 Å². The quantitative estimate of drug-likeness (QED) is 0.598. The molecule has 94 valence electrons. The summed E-state index contributed by atoms with van der Waals surface area (Å²) in [6, 6.07) is 9.07. The van der Waals surface area contributed by atoms with E-state index < -0.39 is 0 Å². The van der Waals surface area contributed by atoms with Crippen LogP contribution in [-0.4, -0.2) is 4.98 Å². The van der Waals surface area contributed by atoms with Crippen molar-refractivity contribution in [3.63, 3.8) is 0 Å². The van der Waals surface area contributed by atoms with Crippen LogP contribution in [0.1, 0.15) is 17.2 Å². The minimum absolute atomic E-state index is 0.229. The number of anilines is 1. The zero-order valence-corrected chi connectivity index (χ0v) is 11.7. The van der Waals surface area contributed by atoms with Crippen LogP contribution in [0.2, 0.25) is 5.02 Å². The maximum absolute atomic E-state index is 5.97. The normalized spacial score (nSPS) is 12.4. The van der Waals surface area contributed by atoms with E-state index in [2.05, 4.69) is 26.3 Å². The van der Waals surface area contributed by atoms with Crippen molar-refractivity contribution in [2.24, 2.45) is 5.84 Å². The molecule has 0 spiro atoms. The molecule has 0 fully saturated rings. The lowest BCUT2D eigenvalue weighted by Gasteiger charge is -2.18. The van der Waals surface area contributed by atoms with E-state index in [4.69, 9.17) is 23.2 Å². The van der Waals surface area contributed by atoms with Crippen LogP contribution in [0, 0.1) is 0 Å². The smallest absolute Gasteiger partial charge is 0.128 e. The number of benzene rings is 1. The van der Waals surface area contributed by atoms with Gasteiger partial charge in [-0.2, -0.15) is 0 Å². The summed E-state index contributed by atoms with van der Waals surface area (Å²) in [5, 5.41) is 0.647. The zero-order chi connectivity index (χ0) is 13.1. The van der Waals surface area contributed by atoms with Crippen LogP contribution in [0.25, 0.3) is 0 Å². The molecule has 6 heteroatoms. The van der Waals surface area contributed by atoms with Gasteiger partial charge in [0.05, 0.1) is 11.1 Å². The van der Waals surface area contributed by atoms with Gasteiger partial charge in [-0.15, -0.1) is 0 Å². The number of halogens is 2. The Morgan fingerprint density at radius 2 is 2.11 bits per heavy atom. The van der Waals surface area contributed by atoms with Crippen molar-refractivity contribution in [3.05, 3.63) is 57.2 Å². The van der Waals surface area contributed by atoms with Gasteiger partial charge >= 0.3 is 0 Å². The van der Waals surface area contributed by atoms with Gasteiger partial charge in [0, 0.05) is 16.2 Å². The average molecular weight is 328 g/mol. The van der Waals surface area contributed by atoms with Crippen LogP contribution in [-0.2, 0) is 0 Å². The molecule has 2 aromatic rings. The summed E-state index contributed by atoms with van der Waals surface area (Å²) >= 11 is 9.36. The minimum Gasteiger partial charge on any atom is -0.383 e. The molecule has 5 N–H and O–H groups in total. The molecule has 0 aliphatic heterocycles. The Hall–Kier alpha value is -1.14. The predicted molar refractivity (Wildman–Crippen MR) is 77.0 cm³/mol. The minimum atomic E-state index is -0.229. The molecule has 0 aliphatic rings. The molecule has 4 nitrogen and oxygen atoms in total. The number of aromatic nitrogens is 1. The predicted octanol–water partition coefficient (Wildman–Crippen LogP) is 2.63. The van der Waals surface area contributed by atoms with Crippen LogP contribution in [0.15, 0.2) is 41.0 Å². The molecule has 1 heterocycles. The second-order valence-electron chi connectivity index (χ2n) is 3.75. The molecule has 1 aromatic heterocycles. The molecular formula is C12H12BrClN4. The van der Waals surface area contributed by atoms with E-state index in [0.29, 0.717) is 10.8 Å². The molecule has 18 heavy (non-hydrogen) atoms. The third-order valence-corrected chi connectivity index (χ3v) is 3.84. The second kappa shape index (κ2) is 5.67. The summed E-state index contributed by atoms with van der Waals surface area (Å²) in [6.45, 7) is 0. The first-order valence-corrected chi connectivity index (χ1v) is 6.42. The molecule has 0 saturated heterocycles. The number of rotatable bonds is 3. The molecule has 0 amide bonds. The fourth-order valence-electron chi connectivity index (χ4n) is 1.73. The van der Waals surface area contributed by atoms with Gasteiger partial charge in [0.1, 0.15) is 5.82 Å². The highest BCUT2D eigenvalue weighted by Gasteiger charge is 2.16. The van der Waals surface area contributed by atoms with Crippen LogP contribution in [0.3, 0.4) is 0 Å². The van der Waals surface area contributed by atoms with E-state index in [1.807, 2.05) is 24.3 Å². The van der Waals surface area contributed by atoms with Gasteiger partial charge < -0.3 is 5.73 Å². The summed E-state index contributed by atoms with van der Waals surface area (Å²) in [7, 11) is 0. The average Bonchev–Trinajstić information content (AvgIpc) is 2.37. The third-order valence-electron chi connectivity index (χ3n) is 2.63. The van der Waals surface area contributed by atoms with Gasteiger partial charge in [0.15, 0.2) is 0 Å². The first-order valence-electron chi connectivity index (χ1n) is 5.25. The summed E-state index contributed by atoms with van der Waals surface area (Å²) < 4.78 is 0.810. The topological polar surface area (TPSA) is 77.0 Å². The molecule has 1 unspecified atom stereocenters. The van der Waals surface area contributed by atoms with E-state index in [1.165, 1.54) is 0 Å². The summed E-state index contributed by atoms with van der Waals surface area (Å²) in [4.78, 5) is 4.06. The van der Waals surface area contributed by atoms with Gasteiger partial charge in [0.2, 0.25) is 0 Å².